The summed E-state index contributed by atoms with van der Waals surface area (Å²) >= 11 is 0. The maximum atomic E-state index is 13.2. The molecule has 2 rings (SSSR count). The standard InChI is InChI=1S/C14H16FN5O3.ClH/c1-8(18-12(22)7-17-11(21)6-16)14-19-13(20-23-14)9-3-2-4-10(15)5-9;/h2-5,8H,6-7,16H2,1H3,(H,17,21)(H,18,22);1H. The summed E-state index contributed by atoms with van der Waals surface area (Å²) in [6, 6.07) is 5.20. The van der Waals surface area contributed by atoms with Crippen LogP contribution in [0.3, 0.4) is 0 Å². The number of nitrogens with zero attached hydrogens (tertiary/aromatic N) is 2. The summed E-state index contributed by atoms with van der Waals surface area (Å²) in [6.07, 6.45) is 0. The lowest BCUT2D eigenvalue weighted by molar-refractivity contribution is -0.125. The number of rotatable bonds is 6. The molecule has 0 fully saturated rings. The minimum atomic E-state index is -0.563. The van der Waals surface area contributed by atoms with Gasteiger partial charge in [-0.3, -0.25) is 9.59 Å². The first-order chi connectivity index (χ1) is 11.0. The third-order valence-electron chi connectivity index (χ3n) is 2.90. The quantitative estimate of drug-likeness (QED) is 0.693. The van der Waals surface area contributed by atoms with Gasteiger partial charge >= 0.3 is 0 Å². The number of benzene rings is 1. The van der Waals surface area contributed by atoms with Crippen molar-refractivity contribution in [2.45, 2.75) is 13.0 Å². The van der Waals surface area contributed by atoms with E-state index >= 15 is 0 Å². The molecule has 130 valence electrons. The molecule has 0 bridgehead atoms. The number of aromatic nitrogens is 2. The van der Waals surface area contributed by atoms with Gasteiger partial charge in [0.2, 0.25) is 23.5 Å². The molecule has 0 aliphatic heterocycles. The van der Waals surface area contributed by atoms with Crippen LogP contribution in [0.2, 0.25) is 0 Å². The van der Waals surface area contributed by atoms with Gasteiger partial charge in [-0.2, -0.15) is 4.98 Å². The Labute approximate surface area is 143 Å². The number of halogens is 2. The predicted octanol–water partition coefficient (Wildman–Crippen LogP) is 0.550. The monoisotopic (exact) mass is 357 g/mol. The van der Waals surface area contributed by atoms with E-state index in [0.717, 1.165) is 0 Å². The molecule has 2 aromatic rings. The van der Waals surface area contributed by atoms with Crippen molar-refractivity contribution in [3.8, 4) is 11.4 Å². The van der Waals surface area contributed by atoms with Gasteiger partial charge in [0.15, 0.2) is 0 Å². The van der Waals surface area contributed by atoms with Crippen LogP contribution >= 0.6 is 12.4 Å². The molecule has 1 aromatic heterocycles. The van der Waals surface area contributed by atoms with Crippen LogP contribution in [-0.4, -0.2) is 35.0 Å². The molecular formula is C14H17ClFN5O3. The molecule has 2 amide bonds. The van der Waals surface area contributed by atoms with Gasteiger partial charge in [0, 0.05) is 5.56 Å². The molecule has 0 radical (unpaired) electrons. The molecule has 24 heavy (non-hydrogen) atoms. The van der Waals surface area contributed by atoms with Crippen molar-refractivity contribution < 1.29 is 18.5 Å². The van der Waals surface area contributed by atoms with Gasteiger partial charge in [0.25, 0.3) is 0 Å². The van der Waals surface area contributed by atoms with E-state index in [1.165, 1.54) is 18.2 Å². The van der Waals surface area contributed by atoms with Crippen molar-refractivity contribution in [2.24, 2.45) is 5.73 Å². The van der Waals surface area contributed by atoms with E-state index < -0.39 is 23.7 Å². The molecular weight excluding hydrogens is 341 g/mol. The molecule has 4 N–H and O–H groups in total. The Kier molecular flexibility index (Phi) is 7.28. The Morgan fingerprint density at radius 1 is 1.38 bits per heavy atom. The summed E-state index contributed by atoms with van der Waals surface area (Å²) in [7, 11) is 0. The fourth-order valence-electron chi connectivity index (χ4n) is 1.76. The Morgan fingerprint density at radius 3 is 2.79 bits per heavy atom. The smallest absolute Gasteiger partial charge is 0.249 e. The first-order valence-electron chi connectivity index (χ1n) is 6.85. The van der Waals surface area contributed by atoms with Crippen molar-refractivity contribution in [3.05, 3.63) is 36.0 Å². The van der Waals surface area contributed by atoms with E-state index in [9.17, 15) is 14.0 Å². The van der Waals surface area contributed by atoms with Crippen LogP contribution in [0.15, 0.2) is 28.8 Å². The minimum absolute atomic E-state index is 0. The highest BCUT2D eigenvalue weighted by molar-refractivity contribution is 5.85. The molecule has 1 aromatic carbocycles. The first-order valence-corrected chi connectivity index (χ1v) is 6.85. The lowest BCUT2D eigenvalue weighted by atomic mass is 10.2. The van der Waals surface area contributed by atoms with Gasteiger partial charge in [0.1, 0.15) is 11.9 Å². The molecule has 0 saturated carbocycles. The lowest BCUT2D eigenvalue weighted by Gasteiger charge is -2.09. The number of hydrogen-bond acceptors (Lipinski definition) is 6. The number of carbonyl (C=O) groups is 2. The van der Waals surface area contributed by atoms with Crippen LogP contribution in [0.1, 0.15) is 18.9 Å². The molecule has 10 heteroatoms. The molecule has 0 aliphatic rings. The maximum Gasteiger partial charge on any atom is 0.249 e. The van der Waals surface area contributed by atoms with Crippen molar-refractivity contribution in [2.75, 3.05) is 13.1 Å². The molecule has 0 saturated heterocycles. The van der Waals surface area contributed by atoms with Gasteiger partial charge in [0.05, 0.1) is 13.1 Å². The van der Waals surface area contributed by atoms with Crippen molar-refractivity contribution in [1.29, 1.82) is 0 Å². The highest BCUT2D eigenvalue weighted by Crippen LogP contribution is 2.19. The number of hydrogen-bond donors (Lipinski definition) is 3. The summed E-state index contributed by atoms with van der Waals surface area (Å²) in [4.78, 5) is 26.8. The summed E-state index contributed by atoms with van der Waals surface area (Å²) in [5.74, 6) is -0.880. The van der Waals surface area contributed by atoms with Gasteiger partial charge < -0.3 is 20.9 Å². The number of nitrogens with two attached hydrogens (primary N) is 1. The van der Waals surface area contributed by atoms with Crippen LogP contribution < -0.4 is 16.4 Å². The second-order valence-electron chi connectivity index (χ2n) is 4.74. The summed E-state index contributed by atoms with van der Waals surface area (Å²) < 4.78 is 18.2. The summed E-state index contributed by atoms with van der Waals surface area (Å²) in [6.45, 7) is 1.25. The Bertz CT molecular complexity index is 709. The average Bonchev–Trinajstić information content (AvgIpc) is 3.02. The lowest BCUT2D eigenvalue weighted by Crippen LogP contribution is -2.40. The Balaban J connectivity index is 0.00000288. The Hall–Kier alpha value is -2.52. The van der Waals surface area contributed by atoms with E-state index in [4.69, 9.17) is 10.3 Å². The van der Waals surface area contributed by atoms with E-state index in [-0.39, 0.29) is 37.2 Å². The molecule has 1 unspecified atom stereocenters. The van der Waals surface area contributed by atoms with E-state index in [1.54, 1.807) is 13.0 Å². The third kappa shape index (κ3) is 5.28. The second kappa shape index (κ2) is 8.94. The van der Waals surface area contributed by atoms with E-state index in [2.05, 4.69) is 20.8 Å². The molecule has 1 heterocycles. The topological polar surface area (TPSA) is 123 Å². The fourth-order valence-corrected chi connectivity index (χ4v) is 1.76. The van der Waals surface area contributed by atoms with Crippen molar-refractivity contribution in [3.63, 3.8) is 0 Å². The number of nitrogens with one attached hydrogen (secondary N) is 2. The zero-order chi connectivity index (χ0) is 16.8. The largest absolute Gasteiger partial charge is 0.346 e. The average molecular weight is 358 g/mol. The van der Waals surface area contributed by atoms with Crippen LogP contribution in [0.4, 0.5) is 4.39 Å². The second-order valence-corrected chi connectivity index (χ2v) is 4.74. The first kappa shape index (κ1) is 19.5. The third-order valence-corrected chi connectivity index (χ3v) is 2.90. The van der Waals surface area contributed by atoms with Crippen molar-refractivity contribution >= 4 is 24.2 Å². The molecule has 0 spiro atoms. The summed E-state index contributed by atoms with van der Waals surface area (Å²) in [5, 5.41) is 8.68. The number of amides is 2. The van der Waals surface area contributed by atoms with Gasteiger partial charge in [-0.25, -0.2) is 4.39 Å². The van der Waals surface area contributed by atoms with Gasteiger partial charge in [-0.1, -0.05) is 17.3 Å². The zero-order valence-electron chi connectivity index (χ0n) is 12.8. The van der Waals surface area contributed by atoms with Gasteiger partial charge in [-0.15, -0.1) is 12.4 Å². The summed E-state index contributed by atoms with van der Waals surface area (Å²) in [5.41, 5.74) is 5.58. The van der Waals surface area contributed by atoms with Crippen LogP contribution in [0.5, 0.6) is 0 Å². The normalized spacial score (nSPS) is 11.3. The highest BCUT2D eigenvalue weighted by Gasteiger charge is 2.17. The Morgan fingerprint density at radius 2 is 2.12 bits per heavy atom. The molecule has 0 aliphatic carbocycles. The maximum absolute atomic E-state index is 13.2. The molecule has 8 nitrogen and oxygen atoms in total. The van der Waals surface area contributed by atoms with Crippen LogP contribution in [-0.2, 0) is 9.59 Å². The highest BCUT2D eigenvalue weighted by atomic mass is 35.5. The fraction of sp³-hybridized carbons (Fsp3) is 0.286. The SMILES string of the molecule is CC(NC(=O)CNC(=O)CN)c1nc(-c2cccc(F)c2)no1.Cl. The zero-order valence-corrected chi connectivity index (χ0v) is 13.6. The minimum Gasteiger partial charge on any atom is -0.346 e. The van der Waals surface area contributed by atoms with Crippen molar-refractivity contribution in [1.82, 2.24) is 20.8 Å². The van der Waals surface area contributed by atoms with Crippen LogP contribution in [0.25, 0.3) is 11.4 Å². The van der Waals surface area contributed by atoms with Crippen LogP contribution in [0, 0.1) is 5.82 Å². The van der Waals surface area contributed by atoms with E-state index in [1.807, 2.05) is 0 Å². The van der Waals surface area contributed by atoms with Gasteiger partial charge in [-0.05, 0) is 19.1 Å². The molecule has 1 atom stereocenters. The predicted molar refractivity (Wildman–Crippen MR) is 85.6 cm³/mol. The van der Waals surface area contributed by atoms with E-state index in [0.29, 0.717) is 5.56 Å². The number of carbonyl (C=O) groups excluding carboxylic acids is 2.